The molecule has 164 valence electrons. The van der Waals surface area contributed by atoms with Crippen LogP contribution in [0.1, 0.15) is 42.5 Å². The molecule has 30 heavy (non-hydrogen) atoms. The van der Waals surface area contributed by atoms with E-state index >= 15 is 0 Å². The molecule has 2 fully saturated rings. The maximum absolute atomic E-state index is 13.9. The molecule has 1 aliphatic carbocycles. The Kier molecular flexibility index (Phi) is 5.54. The van der Waals surface area contributed by atoms with Crippen molar-refractivity contribution >= 4 is 27.9 Å². The summed E-state index contributed by atoms with van der Waals surface area (Å²) < 4.78 is 68.2. The van der Waals surface area contributed by atoms with Crippen LogP contribution in [0.15, 0.2) is 29.2 Å². The summed E-state index contributed by atoms with van der Waals surface area (Å²) in [6.45, 7) is 0. The number of carboxylic acids is 1. The molecule has 1 saturated carbocycles. The number of aromatic carboxylic acids is 1. The van der Waals surface area contributed by atoms with Gasteiger partial charge in [0.25, 0.3) is 11.6 Å². The van der Waals surface area contributed by atoms with Gasteiger partial charge < -0.3 is 10.4 Å². The lowest BCUT2D eigenvalue weighted by molar-refractivity contribution is -0.198. The fourth-order valence-electron chi connectivity index (χ4n) is 3.57. The van der Waals surface area contributed by atoms with Crippen molar-refractivity contribution in [3.8, 4) is 0 Å². The van der Waals surface area contributed by atoms with Crippen LogP contribution < -0.4 is 10.0 Å². The van der Waals surface area contributed by atoms with Gasteiger partial charge in [0, 0.05) is 6.04 Å². The van der Waals surface area contributed by atoms with E-state index in [1.807, 2.05) is 0 Å². The van der Waals surface area contributed by atoms with Gasteiger partial charge in [0.05, 0.1) is 10.5 Å². The molecular weight excluding hydrogens is 431 g/mol. The molecule has 0 bridgehead atoms. The second-order valence-electron chi connectivity index (χ2n) is 7.08. The predicted molar refractivity (Wildman–Crippen MR) is 94.8 cm³/mol. The zero-order valence-corrected chi connectivity index (χ0v) is 16.2. The number of benzene rings is 1. The Labute approximate surface area is 169 Å². The summed E-state index contributed by atoms with van der Waals surface area (Å²) in [5.74, 6) is -3.10. The first-order valence-electron chi connectivity index (χ1n) is 8.99. The zero-order chi connectivity index (χ0) is 22.3. The standard InChI is InChI=1S/C17H18F3N3O6S/c18-17(19,20)16(14(26)23(15(27)21-16)11-4-2-1-3-5-11)22-30(28,29)12-8-6-10(7-9-12)13(24)25/h6-9,11,22H,1-5H2,(H,21,27)(H,24,25)/t16-/m0/s1. The average Bonchev–Trinajstić information content (AvgIpc) is 2.92. The Morgan fingerprint density at radius 2 is 1.70 bits per heavy atom. The molecule has 9 nitrogen and oxygen atoms in total. The molecule has 0 aromatic heterocycles. The van der Waals surface area contributed by atoms with Gasteiger partial charge in [0.2, 0.25) is 10.0 Å². The predicted octanol–water partition coefficient (Wildman–Crippen LogP) is 1.81. The first kappa shape index (κ1) is 22.0. The number of imide groups is 1. The second-order valence-corrected chi connectivity index (χ2v) is 8.76. The van der Waals surface area contributed by atoms with Crippen LogP contribution in [0, 0.1) is 0 Å². The molecule has 3 amide bonds. The molecule has 13 heteroatoms. The number of carboxylic acid groups (broad SMARTS) is 1. The highest BCUT2D eigenvalue weighted by atomic mass is 32.2. The van der Waals surface area contributed by atoms with Gasteiger partial charge in [-0.3, -0.25) is 9.69 Å². The number of nitrogens with one attached hydrogen (secondary N) is 2. The number of halogens is 3. The van der Waals surface area contributed by atoms with Gasteiger partial charge in [0.1, 0.15) is 0 Å². The number of hydrogen-bond acceptors (Lipinski definition) is 5. The molecule has 1 saturated heterocycles. The molecule has 1 aliphatic heterocycles. The third-order valence-electron chi connectivity index (χ3n) is 5.12. The van der Waals surface area contributed by atoms with Crippen LogP contribution >= 0.6 is 0 Å². The fourth-order valence-corrected chi connectivity index (χ4v) is 4.84. The van der Waals surface area contributed by atoms with Gasteiger partial charge in [0.15, 0.2) is 0 Å². The lowest BCUT2D eigenvalue weighted by Gasteiger charge is -2.32. The molecule has 3 rings (SSSR count). The highest BCUT2D eigenvalue weighted by Gasteiger charge is 2.70. The SMILES string of the molecule is O=C(O)c1ccc(S(=O)(=O)N[C@@]2(C(F)(F)F)NC(=O)N(C3CCCCC3)C2=O)cc1. The van der Waals surface area contributed by atoms with Crippen LogP contribution in [0.25, 0.3) is 0 Å². The third-order valence-corrected chi connectivity index (χ3v) is 6.58. The number of rotatable bonds is 5. The third kappa shape index (κ3) is 3.74. The van der Waals surface area contributed by atoms with Gasteiger partial charge in [-0.2, -0.15) is 17.9 Å². The van der Waals surface area contributed by atoms with Crippen LogP contribution in [0.5, 0.6) is 0 Å². The van der Waals surface area contributed by atoms with E-state index in [1.165, 1.54) is 10.0 Å². The Bertz CT molecular complexity index is 973. The number of sulfonamides is 1. The molecule has 1 atom stereocenters. The molecule has 3 N–H and O–H groups in total. The van der Waals surface area contributed by atoms with Crippen molar-refractivity contribution < 1.29 is 41.1 Å². The van der Waals surface area contributed by atoms with Crippen LogP contribution in [-0.2, 0) is 14.8 Å². The summed E-state index contributed by atoms with van der Waals surface area (Å²) in [7, 11) is -4.96. The van der Waals surface area contributed by atoms with Gasteiger partial charge in [-0.05, 0) is 37.1 Å². The van der Waals surface area contributed by atoms with E-state index in [4.69, 9.17) is 5.11 Å². The highest BCUT2D eigenvalue weighted by Crippen LogP contribution is 2.37. The fraction of sp³-hybridized carbons (Fsp3) is 0.471. The molecule has 2 aliphatic rings. The smallest absolute Gasteiger partial charge is 0.435 e. The van der Waals surface area contributed by atoms with Crippen LogP contribution in [0.4, 0.5) is 18.0 Å². The van der Waals surface area contributed by atoms with Crippen molar-refractivity contribution in [3.63, 3.8) is 0 Å². The first-order valence-corrected chi connectivity index (χ1v) is 10.5. The largest absolute Gasteiger partial charge is 0.478 e. The van der Waals surface area contributed by atoms with E-state index in [-0.39, 0.29) is 5.56 Å². The van der Waals surface area contributed by atoms with Gasteiger partial charge in [-0.1, -0.05) is 19.3 Å². The molecular formula is C17H18F3N3O6S. The quantitative estimate of drug-likeness (QED) is 0.588. The van der Waals surface area contributed by atoms with E-state index in [1.54, 1.807) is 0 Å². The number of carbonyl (C=O) groups is 3. The molecule has 0 radical (unpaired) electrons. The lowest BCUT2D eigenvalue weighted by Crippen LogP contribution is -2.69. The van der Waals surface area contributed by atoms with Crippen molar-refractivity contribution in [2.24, 2.45) is 0 Å². The van der Waals surface area contributed by atoms with Crippen molar-refractivity contribution in [1.82, 2.24) is 14.9 Å². The van der Waals surface area contributed by atoms with E-state index in [0.717, 1.165) is 30.7 Å². The first-order chi connectivity index (χ1) is 13.9. The van der Waals surface area contributed by atoms with E-state index < -0.39 is 50.7 Å². The van der Waals surface area contributed by atoms with E-state index in [0.29, 0.717) is 30.6 Å². The molecule has 0 unspecified atom stereocenters. The van der Waals surface area contributed by atoms with Crippen molar-refractivity contribution in [2.45, 2.75) is 54.9 Å². The summed E-state index contributed by atoms with van der Waals surface area (Å²) in [4.78, 5) is 35.7. The molecule has 1 heterocycles. The normalized spacial score (nSPS) is 23.5. The minimum atomic E-state index is -5.47. The maximum Gasteiger partial charge on any atom is 0.435 e. The van der Waals surface area contributed by atoms with Crippen molar-refractivity contribution in [3.05, 3.63) is 29.8 Å². The molecule has 1 aromatic rings. The van der Waals surface area contributed by atoms with Crippen LogP contribution in [0.2, 0.25) is 0 Å². The van der Waals surface area contributed by atoms with Crippen LogP contribution in [0.3, 0.4) is 0 Å². The van der Waals surface area contributed by atoms with E-state index in [9.17, 15) is 36.0 Å². The van der Waals surface area contributed by atoms with Crippen molar-refractivity contribution in [2.75, 3.05) is 0 Å². The Hall–Kier alpha value is -2.67. The molecule has 1 aromatic carbocycles. The highest BCUT2D eigenvalue weighted by molar-refractivity contribution is 7.89. The maximum atomic E-state index is 13.9. The molecule has 0 spiro atoms. The van der Waals surface area contributed by atoms with E-state index in [2.05, 4.69) is 0 Å². The topological polar surface area (TPSA) is 133 Å². The summed E-state index contributed by atoms with van der Waals surface area (Å²) in [5.41, 5.74) is -4.14. The van der Waals surface area contributed by atoms with Crippen molar-refractivity contribution in [1.29, 1.82) is 0 Å². The Morgan fingerprint density at radius 1 is 1.13 bits per heavy atom. The monoisotopic (exact) mass is 449 g/mol. The van der Waals surface area contributed by atoms with Gasteiger partial charge in [-0.25, -0.2) is 18.0 Å². The summed E-state index contributed by atoms with van der Waals surface area (Å²) in [6, 6.07) is 1.27. The minimum Gasteiger partial charge on any atom is -0.478 e. The summed E-state index contributed by atoms with van der Waals surface area (Å²) >= 11 is 0. The number of alkyl halides is 3. The lowest BCUT2D eigenvalue weighted by atomic mass is 9.94. The Morgan fingerprint density at radius 3 is 2.20 bits per heavy atom. The van der Waals surface area contributed by atoms with Gasteiger partial charge in [-0.15, -0.1) is 0 Å². The van der Waals surface area contributed by atoms with Crippen LogP contribution in [-0.4, -0.2) is 54.2 Å². The summed E-state index contributed by atoms with van der Waals surface area (Å²) in [6.07, 6.45) is -2.74. The number of urea groups is 1. The average molecular weight is 449 g/mol. The number of amides is 3. The Balaban J connectivity index is 1.97. The minimum absolute atomic E-state index is 0.284. The number of carbonyl (C=O) groups excluding carboxylic acids is 2. The number of hydrogen-bond donors (Lipinski definition) is 3. The summed E-state index contributed by atoms with van der Waals surface area (Å²) in [5, 5.41) is 10.3. The second kappa shape index (κ2) is 7.54. The van der Waals surface area contributed by atoms with Gasteiger partial charge >= 0.3 is 18.2 Å². The zero-order valence-electron chi connectivity index (χ0n) is 15.4. The number of nitrogens with zero attached hydrogens (tertiary/aromatic N) is 1.